The van der Waals surface area contributed by atoms with Crippen molar-refractivity contribution in [3.05, 3.63) is 69.3 Å². The molecule has 1 N–H and O–H groups in total. The van der Waals surface area contributed by atoms with Gasteiger partial charge in [-0.3, -0.25) is 9.36 Å². The smallest absolute Gasteiger partial charge is 0.278 e. The highest BCUT2D eigenvalue weighted by molar-refractivity contribution is 5.63. The van der Waals surface area contributed by atoms with Crippen LogP contribution in [-0.4, -0.2) is 34.4 Å². The minimum absolute atomic E-state index is 0.00455. The molecule has 0 radical (unpaired) electrons. The third-order valence-corrected chi connectivity index (χ3v) is 6.08. The molecular formula is C25H30N4O3. The van der Waals surface area contributed by atoms with Crippen molar-refractivity contribution in [2.45, 2.75) is 45.8 Å². The number of nitrogens with one attached hydrogen (secondary N) is 1. The number of methoxy groups -OCH3 is 1. The summed E-state index contributed by atoms with van der Waals surface area (Å²) in [6.45, 7) is 6.55. The Labute approximate surface area is 188 Å². The summed E-state index contributed by atoms with van der Waals surface area (Å²) in [4.78, 5) is 22.6. The molecule has 2 atom stereocenters. The number of fused-ring (bicyclic) bond motifs is 1. The minimum atomic E-state index is -0.168. The number of ether oxygens (including phenoxy) is 2. The highest BCUT2D eigenvalue weighted by atomic mass is 16.5. The minimum Gasteiger partial charge on any atom is -0.481 e. The molecular weight excluding hydrogens is 404 g/mol. The summed E-state index contributed by atoms with van der Waals surface area (Å²) in [7, 11) is 3.36. The van der Waals surface area contributed by atoms with Crippen LogP contribution in [0.1, 0.15) is 42.4 Å². The number of hydrogen-bond acceptors (Lipinski definition) is 6. The Kier molecular flexibility index (Phi) is 6.28. The molecule has 1 aliphatic carbocycles. The van der Waals surface area contributed by atoms with Crippen molar-refractivity contribution in [1.29, 1.82) is 0 Å². The molecule has 0 spiro atoms. The van der Waals surface area contributed by atoms with Gasteiger partial charge in [-0.15, -0.1) is 0 Å². The second-order valence-corrected chi connectivity index (χ2v) is 7.98. The SMILES string of the molecule is CCO[C@H]1Cc2ccccc2C1Nc1c(CC)nc(-c2ccc(OC)nc2C)c(=O)n1C. The quantitative estimate of drug-likeness (QED) is 0.609. The molecule has 32 heavy (non-hydrogen) atoms. The Morgan fingerprint density at radius 3 is 2.62 bits per heavy atom. The molecule has 7 heteroatoms. The zero-order valence-corrected chi connectivity index (χ0v) is 19.3. The number of rotatable bonds is 7. The van der Waals surface area contributed by atoms with Crippen LogP contribution in [0, 0.1) is 6.92 Å². The monoisotopic (exact) mass is 434 g/mol. The summed E-state index contributed by atoms with van der Waals surface area (Å²) >= 11 is 0. The average Bonchev–Trinajstić information content (AvgIpc) is 3.14. The van der Waals surface area contributed by atoms with Crippen molar-refractivity contribution in [3.63, 3.8) is 0 Å². The third-order valence-electron chi connectivity index (χ3n) is 6.08. The molecule has 2 heterocycles. The van der Waals surface area contributed by atoms with Crippen molar-refractivity contribution in [2.24, 2.45) is 7.05 Å². The Balaban J connectivity index is 1.78. The molecule has 1 aliphatic rings. The lowest BCUT2D eigenvalue weighted by atomic mass is 10.1. The van der Waals surface area contributed by atoms with Crippen LogP contribution in [0.15, 0.2) is 41.2 Å². The van der Waals surface area contributed by atoms with E-state index in [1.807, 2.05) is 32.9 Å². The molecule has 0 saturated heterocycles. The molecule has 0 bridgehead atoms. The maximum atomic E-state index is 13.4. The largest absolute Gasteiger partial charge is 0.481 e. The van der Waals surface area contributed by atoms with E-state index in [1.165, 1.54) is 11.1 Å². The summed E-state index contributed by atoms with van der Waals surface area (Å²) in [5.74, 6) is 1.24. The predicted octanol–water partition coefficient (Wildman–Crippen LogP) is 3.84. The number of benzene rings is 1. The number of aromatic nitrogens is 3. The van der Waals surface area contributed by atoms with E-state index in [1.54, 1.807) is 24.8 Å². The average molecular weight is 435 g/mol. The first-order chi connectivity index (χ1) is 15.5. The van der Waals surface area contributed by atoms with Gasteiger partial charge in [-0.2, -0.15) is 0 Å². The lowest BCUT2D eigenvalue weighted by Crippen LogP contribution is -2.31. The van der Waals surface area contributed by atoms with E-state index in [0.717, 1.165) is 17.9 Å². The van der Waals surface area contributed by atoms with E-state index >= 15 is 0 Å². The Morgan fingerprint density at radius 1 is 1.16 bits per heavy atom. The fourth-order valence-electron chi connectivity index (χ4n) is 4.44. The molecule has 0 saturated carbocycles. The molecule has 7 nitrogen and oxygen atoms in total. The van der Waals surface area contributed by atoms with Crippen LogP contribution in [0.3, 0.4) is 0 Å². The molecule has 3 aromatic rings. The zero-order chi connectivity index (χ0) is 22.8. The van der Waals surface area contributed by atoms with Gasteiger partial charge in [-0.25, -0.2) is 9.97 Å². The van der Waals surface area contributed by atoms with Crippen LogP contribution >= 0.6 is 0 Å². The first kappa shape index (κ1) is 22.0. The summed E-state index contributed by atoms with van der Waals surface area (Å²) in [5, 5.41) is 3.61. The summed E-state index contributed by atoms with van der Waals surface area (Å²) in [6.07, 6.45) is 1.53. The summed E-state index contributed by atoms with van der Waals surface area (Å²) in [6, 6.07) is 11.9. The first-order valence-corrected chi connectivity index (χ1v) is 11.1. The van der Waals surface area contributed by atoms with E-state index in [4.69, 9.17) is 14.5 Å². The highest BCUT2D eigenvalue weighted by Gasteiger charge is 2.34. The molecule has 2 aromatic heterocycles. The summed E-state index contributed by atoms with van der Waals surface area (Å²) in [5.41, 5.74) is 4.96. The standard InChI is InChI=1S/C25H30N4O3/c1-6-19-24(28-22-18-11-9-8-10-16(18)14-20(22)32-7-2)29(4)25(30)23(27-19)17-12-13-21(31-5)26-15(17)3/h8-13,20,22,28H,6-7,14H2,1-5H3/t20-,22?/m0/s1. The van der Waals surface area contributed by atoms with E-state index in [0.29, 0.717) is 35.9 Å². The second-order valence-electron chi connectivity index (χ2n) is 7.98. The number of anilines is 1. The Bertz CT molecular complexity index is 1190. The van der Waals surface area contributed by atoms with Gasteiger partial charge >= 0.3 is 0 Å². The number of nitrogens with zero attached hydrogens (tertiary/aromatic N) is 3. The Morgan fingerprint density at radius 2 is 1.94 bits per heavy atom. The van der Waals surface area contributed by atoms with Crippen LogP contribution in [0.5, 0.6) is 5.88 Å². The van der Waals surface area contributed by atoms with Gasteiger partial charge in [0.25, 0.3) is 5.56 Å². The zero-order valence-electron chi connectivity index (χ0n) is 19.3. The highest BCUT2D eigenvalue weighted by Crippen LogP contribution is 2.36. The van der Waals surface area contributed by atoms with Crippen molar-refractivity contribution in [2.75, 3.05) is 19.0 Å². The molecule has 1 unspecified atom stereocenters. The molecule has 0 fully saturated rings. The predicted molar refractivity (Wildman–Crippen MR) is 125 cm³/mol. The van der Waals surface area contributed by atoms with Gasteiger partial charge in [-0.1, -0.05) is 31.2 Å². The fourth-order valence-corrected chi connectivity index (χ4v) is 4.44. The molecule has 1 aromatic carbocycles. The van der Waals surface area contributed by atoms with Gasteiger partial charge < -0.3 is 14.8 Å². The van der Waals surface area contributed by atoms with Gasteiger partial charge in [0.15, 0.2) is 0 Å². The first-order valence-electron chi connectivity index (χ1n) is 11.1. The fraction of sp³-hybridized carbons (Fsp3) is 0.400. The van der Waals surface area contributed by atoms with Crippen LogP contribution < -0.4 is 15.6 Å². The van der Waals surface area contributed by atoms with Gasteiger partial charge in [0.2, 0.25) is 5.88 Å². The Hall–Kier alpha value is -3.19. The number of hydrogen-bond donors (Lipinski definition) is 1. The van der Waals surface area contributed by atoms with Crippen molar-refractivity contribution < 1.29 is 9.47 Å². The van der Waals surface area contributed by atoms with E-state index in [-0.39, 0.29) is 17.7 Å². The van der Waals surface area contributed by atoms with Gasteiger partial charge in [0.1, 0.15) is 11.5 Å². The number of pyridine rings is 1. The molecule has 4 rings (SSSR count). The second kappa shape index (κ2) is 9.12. The van der Waals surface area contributed by atoms with Gasteiger partial charge in [-0.05, 0) is 37.5 Å². The third kappa shape index (κ3) is 3.88. The molecule has 0 aliphatic heterocycles. The van der Waals surface area contributed by atoms with Crippen molar-refractivity contribution in [1.82, 2.24) is 14.5 Å². The lowest BCUT2D eigenvalue weighted by molar-refractivity contribution is 0.0572. The van der Waals surface area contributed by atoms with Gasteiger partial charge in [0, 0.05) is 31.7 Å². The molecule has 0 amide bonds. The van der Waals surface area contributed by atoms with E-state index < -0.39 is 0 Å². The van der Waals surface area contributed by atoms with Crippen LogP contribution in [0.25, 0.3) is 11.3 Å². The maximum Gasteiger partial charge on any atom is 0.278 e. The maximum absolute atomic E-state index is 13.4. The van der Waals surface area contributed by atoms with Crippen molar-refractivity contribution in [3.8, 4) is 17.1 Å². The lowest BCUT2D eigenvalue weighted by Gasteiger charge is -2.25. The topological polar surface area (TPSA) is 78.3 Å². The van der Waals surface area contributed by atoms with Crippen molar-refractivity contribution >= 4 is 5.82 Å². The summed E-state index contributed by atoms with van der Waals surface area (Å²) < 4.78 is 12.9. The van der Waals surface area contributed by atoms with E-state index in [9.17, 15) is 4.79 Å². The normalized spacial score (nSPS) is 17.3. The van der Waals surface area contributed by atoms with E-state index in [2.05, 4.69) is 28.5 Å². The van der Waals surface area contributed by atoms with Crippen LogP contribution in [0.4, 0.5) is 5.82 Å². The van der Waals surface area contributed by atoms with Crippen LogP contribution in [-0.2, 0) is 24.6 Å². The van der Waals surface area contributed by atoms with Gasteiger partial charge in [0.05, 0.1) is 30.6 Å². The van der Waals surface area contributed by atoms with Crippen LogP contribution in [0.2, 0.25) is 0 Å². The molecule has 168 valence electrons. The number of aryl methyl sites for hydroxylation is 2.